The third-order valence-corrected chi connectivity index (χ3v) is 1.49. The van der Waals surface area contributed by atoms with E-state index in [1.807, 2.05) is 27.7 Å². The number of hydrogen-bond acceptors (Lipinski definition) is 1. The Bertz CT molecular complexity index is 78.1. The second-order valence-electron chi connectivity index (χ2n) is 1.94. The molecular formula is C6H19NOS. The number of nitrogens with two attached hydrogens (primary N) is 1. The van der Waals surface area contributed by atoms with Gasteiger partial charge in [0.15, 0.2) is 0 Å². The van der Waals surface area contributed by atoms with Crippen LogP contribution in [0.15, 0.2) is 0 Å². The van der Waals surface area contributed by atoms with Crippen molar-refractivity contribution >= 4 is 11.0 Å². The molecule has 1 atom stereocenters. The first-order chi connectivity index (χ1) is 4.13. The third kappa shape index (κ3) is 17.9. The van der Waals surface area contributed by atoms with E-state index in [1.165, 1.54) is 0 Å². The maximum absolute atomic E-state index is 10.1. The van der Waals surface area contributed by atoms with Gasteiger partial charge in [-0.05, 0) is 5.92 Å². The minimum Gasteiger partial charge on any atom is -0.252 e. The standard InChI is InChI=1S/C4H11NOS.C2H6.H2/c1-4(2)3-7(5)6;1-2;/h4H,3,5H2,1-2H3;1-2H3;1H. The topological polar surface area (TPSA) is 43.1 Å². The monoisotopic (exact) mass is 153 g/mol. The quantitative estimate of drug-likeness (QED) is 0.642. The van der Waals surface area contributed by atoms with Crippen molar-refractivity contribution in [2.24, 2.45) is 11.1 Å². The second kappa shape index (κ2) is 8.11. The van der Waals surface area contributed by atoms with Gasteiger partial charge in [-0.2, -0.15) is 0 Å². The Kier molecular flexibility index (Phi) is 10.7. The highest BCUT2D eigenvalue weighted by molar-refractivity contribution is 7.82. The van der Waals surface area contributed by atoms with Crippen LogP contribution in [0.5, 0.6) is 0 Å². The van der Waals surface area contributed by atoms with Crippen LogP contribution in [0.4, 0.5) is 0 Å². The smallest absolute Gasteiger partial charge is 0.0890 e. The van der Waals surface area contributed by atoms with Gasteiger partial charge in [0.05, 0.1) is 11.0 Å². The summed E-state index contributed by atoms with van der Waals surface area (Å²) in [4.78, 5) is 0. The van der Waals surface area contributed by atoms with Gasteiger partial charge in [-0.15, -0.1) is 0 Å². The predicted molar refractivity (Wildman–Crippen MR) is 45.5 cm³/mol. The van der Waals surface area contributed by atoms with Crippen molar-refractivity contribution < 1.29 is 5.64 Å². The lowest BCUT2D eigenvalue weighted by atomic mass is 10.3. The van der Waals surface area contributed by atoms with Gasteiger partial charge in [-0.25, -0.2) is 4.21 Å². The molecule has 0 spiro atoms. The molecule has 3 heteroatoms. The summed E-state index contributed by atoms with van der Waals surface area (Å²) in [5, 5.41) is 4.97. The van der Waals surface area contributed by atoms with Crippen molar-refractivity contribution in [1.29, 1.82) is 0 Å². The van der Waals surface area contributed by atoms with E-state index in [1.54, 1.807) is 0 Å². The zero-order valence-corrected chi connectivity index (χ0v) is 7.49. The fourth-order valence-electron chi connectivity index (χ4n) is 0.329. The van der Waals surface area contributed by atoms with E-state index in [-0.39, 0.29) is 1.43 Å². The van der Waals surface area contributed by atoms with Crippen LogP contribution in [-0.2, 0) is 11.0 Å². The lowest BCUT2D eigenvalue weighted by molar-refractivity contribution is 0.666. The van der Waals surface area contributed by atoms with Gasteiger partial charge in [-0.1, -0.05) is 27.7 Å². The second-order valence-corrected chi connectivity index (χ2v) is 3.04. The van der Waals surface area contributed by atoms with Crippen molar-refractivity contribution in [1.82, 2.24) is 0 Å². The number of hydrogen-bond donors (Lipinski definition) is 1. The van der Waals surface area contributed by atoms with Gasteiger partial charge < -0.3 is 0 Å². The SMILES string of the molecule is CC.CC(C)CS(N)=O.[HH]. The summed E-state index contributed by atoms with van der Waals surface area (Å²) in [5.41, 5.74) is 0. The zero-order valence-electron chi connectivity index (χ0n) is 6.68. The Morgan fingerprint density at radius 1 is 1.56 bits per heavy atom. The summed E-state index contributed by atoms with van der Waals surface area (Å²) < 4.78 is 10.1. The molecule has 0 aliphatic rings. The summed E-state index contributed by atoms with van der Waals surface area (Å²) in [5.74, 6) is 1.06. The van der Waals surface area contributed by atoms with E-state index >= 15 is 0 Å². The first-order valence-electron chi connectivity index (χ1n) is 3.25. The van der Waals surface area contributed by atoms with E-state index in [9.17, 15) is 4.21 Å². The van der Waals surface area contributed by atoms with E-state index in [2.05, 4.69) is 0 Å². The van der Waals surface area contributed by atoms with Crippen LogP contribution in [0, 0.1) is 5.92 Å². The normalized spacial score (nSPS) is 12.2. The van der Waals surface area contributed by atoms with Crippen LogP contribution >= 0.6 is 0 Å². The Labute approximate surface area is 61.9 Å². The molecule has 0 bridgehead atoms. The Morgan fingerprint density at radius 3 is 1.89 bits per heavy atom. The highest BCUT2D eigenvalue weighted by Crippen LogP contribution is 1.89. The Balaban J connectivity index is -0.000000149. The molecule has 0 rings (SSSR count). The Hall–Kier alpha value is 0.110. The summed E-state index contributed by atoms with van der Waals surface area (Å²) in [6.07, 6.45) is 0. The van der Waals surface area contributed by atoms with E-state index in [0.29, 0.717) is 11.7 Å². The number of rotatable bonds is 2. The molecule has 0 aromatic rings. The fourth-order valence-corrected chi connectivity index (χ4v) is 0.986. The van der Waals surface area contributed by atoms with E-state index < -0.39 is 11.0 Å². The van der Waals surface area contributed by atoms with Crippen molar-refractivity contribution in [3.05, 3.63) is 0 Å². The summed E-state index contributed by atoms with van der Waals surface area (Å²) in [7, 11) is -1.10. The lowest BCUT2D eigenvalue weighted by Gasteiger charge is -1.96. The van der Waals surface area contributed by atoms with Gasteiger partial charge in [0.1, 0.15) is 0 Å². The molecule has 9 heavy (non-hydrogen) atoms. The highest BCUT2D eigenvalue weighted by atomic mass is 32.2. The van der Waals surface area contributed by atoms with Crippen molar-refractivity contribution in [3.8, 4) is 0 Å². The van der Waals surface area contributed by atoms with Crippen LogP contribution in [0.1, 0.15) is 29.1 Å². The summed E-state index contributed by atoms with van der Waals surface area (Å²) >= 11 is 0. The molecule has 0 saturated heterocycles. The zero-order chi connectivity index (χ0) is 7.86. The molecule has 60 valence electrons. The minimum atomic E-state index is -1.10. The van der Waals surface area contributed by atoms with Crippen LogP contribution in [-0.4, -0.2) is 9.96 Å². The lowest BCUT2D eigenvalue weighted by Crippen LogP contribution is -2.11. The predicted octanol–water partition coefficient (Wildman–Crippen LogP) is 1.54. The molecule has 0 aliphatic heterocycles. The maximum Gasteiger partial charge on any atom is 0.0890 e. The fraction of sp³-hybridized carbons (Fsp3) is 1.00. The Morgan fingerprint density at radius 2 is 1.89 bits per heavy atom. The van der Waals surface area contributed by atoms with Gasteiger partial charge in [-0.3, -0.25) is 5.14 Å². The van der Waals surface area contributed by atoms with Crippen molar-refractivity contribution in [2.75, 3.05) is 5.75 Å². The van der Waals surface area contributed by atoms with E-state index in [0.717, 1.165) is 0 Å². The van der Waals surface area contributed by atoms with Crippen LogP contribution in [0.25, 0.3) is 0 Å². The van der Waals surface area contributed by atoms with Gasteiger partial charge in [0, 0.05) is 7.18 Å². The molecule has 0 fully saturated rings. The first kappa shape index (κ1) is 11.9. The molecule has 1 unspecified atom stereocenters. The average molecular weight is 153 g/mol. The first-order valence-corrected chi connectivity index (χ1v) is 4.64. The van der Waals surface area contributed by atoms with Crippen molar-refractivity contribution in [3.63, 3.8) is 0 Å². The van der Waals surface area contributed by atoms with E-state index in [4.69, 9.17) is 5.14 Å². The highest BCUT2D eigenvalue weighted by Gasteiger charge is 1.94. The maximum atomic E-state index is 10.1. The van der Waals surface area contributed by atoms with Crippen LogP contribution in [0.3, 0.4) is 0 Å². The van der Waals surface area contributed by atoms with Crippen molar-refractivity contribution in [2.45, 2.75) is 27.7 Å². The van der Waals surface area contributed by atoms with Gasteiger partial charge in [0.2, 0.25) is 0 Å². The summed E-state index contributed by atoms with van der Waals surface area (Å²) in [6.45, 7) is 7.98. The molecule has 0 aromatic carbocycles. The molecule has 0 saturated carbocycles. The molecule has 0 radical (unpaired) electrons. The summed E-state index contributed by atoms with van der Waals surface area (Å²) in [6, 6.07) is 0. The largest absolute Gasteiger partial charge is 0.252 e. The van der Waals surface area contributed by atoms with Gasteiger partial charge in [0.25, 0.3) is 0 Å². The van der Waals surface area contributed by atoms with Crippen LogP contribution < -0.4 is 5.14 Å². The molecule has 2 nitrogen and oxygen atoms in total. The molecule has 0 aromatic heterocycles. The molecule has 0 amide bonds. The van der Waals surface area contributed by atoms with Crippen LogP contribution in [0.2, 0.25) is 0 Å². The van der Waals surface area contributed by atoms with Gasteiger partial charge >= 0.3 is 0 Å². The minimum absolute atomic E-state index is 0. The third-order valence-electron chi connectivity index (χ3n) is 0.498. The average Bonchev–Trinajstić information content (AvgIpc) is 1.68. The molecule has 0 heterocycles. The molecular weight excluding hydrogens is 134 g/mol. The molecule has 0 aliphatic carbocycles. The molecule has 2 N–H and O–H groups in total.